The van der Waals surface area contributed by atoms with Crippen molar-refractivity contribution in [1.82, 2.24) is 16.0 Å². The van der Waals surface area contributed by atoms with Gasteiger partial charge in [0.25, 0.3) is 0 Å². The number of benzene rings is 2. The summed E-state index contributed by atoms with van der Waals surface area (Å²) in [6.45, 7) is 1.76. The molecule has 6 heteroatoms. The molecule has 0 amide bonds. The van der Waals surface area contributed by atoms with Crippen LogP contribution in [0.1, 0.15) is 17.2 Å². The molecule has 2 fully saturated rings. The van der Waals surface area contributed by atoms with Gasteiger partial charge in [-0.05, 0) is 53.2 Å². The van der Waals surface area contributed by atoms with E-state index in [1.54, 1.807) is 0 Å². The van der Waals surface area contributed by atoms with Crippen molar-refractivity contribution >= 4 is 46.6 Å². The summed E-state index contributed by atoms with van der Waals surface area (Å²) in [5.74, 6) is 0.343. The normalized spacial score (nSPS) is 26.8. The number of nitrogens with one attached hydrogen (secondary N) is 3. The Balaban J connectivity index is 1.65. The maximum absolute atomic E-state index is 6.05. The minimum Gasteiger partial charge on any atom is -0.356 e. The van der Waals surface area contributed by atoms with E-state index >= 15 is 0 Å². The lowest BCUT2D eigenvalue weighted by Gasteiger charge is -2.45. The molecule has 0 aliphatic carbocycles. The van der Waals surface area contributed by atoms with Crippen molar-refractivity contribution in [3.8, 4) is 0 Å². The minimum absolute atomic E-state index is 0.146. The Morgan fingerprint density at radius 2 is 1.50 bits per heavy atom. The average Bonchev–Trinajstić information content (AvgIpc) is 2.64. The summed E-state index contributed by atoms with van der Waals surface area (Å²) < 4.78 is 0. The lowest BCUT2D eigenvalue weighted by Crippen LogP contribution is -2.62. The van der Waals surface area contributed by atoms with Gasteiger partial charge in [0, 0.05) is 29.1 Å². The zero-order valence-electron chi connectivity index (χ0n) is 14.0. The van der Waals surface area contributed by atoms with Crippen LogP contribution in [0.4, 0.5) is 0 Å². The summed E-state index contributed by atoms with van der Waals surface area (Å²) in [5.41, 5.74) is 3.63. The van der Waals surface area contributed by atoms with Crippen LogP contribution in [0.3, 0.4) is 0 Å². The van der Waals surface area contributed by atoms with Gasteiger partial charge in [-0.25, -0.2) is 0 Å². The van der Waals surface area contributed by atoms with Crippen LogP contribution >= 0.6 is 35.4 Å². The number of rotatable bonds is 2. The summed E-state index contributed by atoms with van der Waals surface area (Å²) in [6, 6.07) is 16.2. The van der Waals surface area contributed by atoms with Gasteiger partial charge in [-0.2, -0.15) is 0 Å². The quantitative estimate of drug-likeness (QED) is 0.657. The third-order valence-electron chi connectivity index (χ3n) is 4.99. The maximum atomic E-state index is 6.05. The van der Waals surface area contributed by atoms with Crippen molar-refractivity contribution in [2.45, 2.75) is 12.1 Å². The van der Waals surface area contributed by atoms with E-state index in [4.69, 9.17) is 35.4 Å². The molecule has 134 valence electrons. The molecule has 2 aliphatic rings. The molecule has 0 saturated carbocycles. The first-order valence-corrected chi connectivity index (χ1v) is 9.76. The molecule has 3 unspecified atom stereocenters. The smallest absolute Gasteiger partial charge is 0.167 e. The molecule has 0 spiro atoms. The van der Waals surface area contributed by atoms with E-state index < -0.39 is 0 Å². The van der Waals surface area contributed by atoms with Crippen molar-refractivity contribution in [1.29, 1.82) is 0 Å². The Kier molecular flexibility index (Phi) is 5.18. The maximum Gasteiger partial charge on any atom is 0.167 e. The minimum atomic E-state index is 0.146. The first kappa shape index (κ1) is 17.8. The Morgan fingerprint density at radius 3 is 2.19 bits per heavy atom. The van der Waals surface area contributed by atoms with E-state index in [2.05, 4.69) is 34.2 Å². The molecule has 3 atom stereocenters. The molecule has 26 heavy (non-hydrogen) atoms. The third kappa shape index (κ3) is 3.74. The van der Waals surface area contributed by atoms with Crippen molar-refractivity contribution < 1.29 is 0 Å². The summed E-state index contributed by atoms with van der Waals surface area (Å²) in [4.78, 5) is 0. The molecular weight excluding hydrogens is 385 g/mol. The predicted molar refractivity (Wildman–Crippen MR) is 113 cm³/mol. The summed E-state index contributed by atoms with van der Waals surface area (Å²) in [6.07, 6.45) is 2.22. The second-order valence-corrected chi connectivity index (χ2v) is 7.97. The van der Waals surface area contributed by atoms with Crippen LogP contribution in [-0.4, -0.2) is 24.2 Å². The number of halogens is 2. The first-order valence-electron chi connectivity index (χ1n) is 8.59. The van der Waals surface area contributed by atoms with E-state index in [1.165, 1.54) is 11.1 Å². The van der Waals surface area contributed by atoms with Gasteiger partial charge < -0.3 is 16.0 Å². The highest BCUT2D eigenvalue weighted by molar-refractivity contribution is 7.80. The molecule has 2 aromatic rings. The third-order valence-corrected chi connectivity index (χ3v) is 5.73. The highest BCUT2D eigenvalue weighted by Crippen LogP contribution is 2.33. The second kappa shape index (κ2) is 7.57. The predicted octanol–water partition coefficient (Wildman–Crippen LogP) is 4.18. The molecular formula is C20H19Cl2N3S. The van der Waals surface area contributed by atoms with Crippen molar-refractivity contribution in [3.05, 3.63) is 75.3 Å². The number of hydrogen-bond acceptors (Lipinski definition) is 2. The summed E-state index contributed by atoms with van der Waals surface area (Å²) >= 11 is 17.6. The largest absolute Gasteiger partial charge is 0.356 e. The molecule has 2 heterocycles. The molecule has 2 saturated heterocycles. The Morgan fingerprint density at radius 1 is 0.885 bits per heavy atom. The van der Waals surface area contributed by atoms with Gasteiger partial charge in [0.05, 0.1) is 12.1 Å². The second-order valence-electron chi connectivity index (χ2n) is 6.69. The average molecular weight is 404 g/mol. The van der Waals surface area contributed by atoms with Gasteiger partial charge in [-0.3, -0.25) is 0 Å². The van der Waals surface area contributed by atoms with E-state index in [0.29, 0.717) is 11.0 Å². The van der Waals surface area contributed by atoms with Crippen LogP contribution in [0.25, 0.3) is 6.08 Å². The summed E-state index contributed by atoms with van der Waals surface area (Å²) in [7, 11) is 0. The van der Waals surface area contributed by atoms with Gasteiger partial charge in [0.1, 0.15) is 0 Å². The van der Waals surface area contributed by atoms with Crippen LogP contribution in [0, 0.1) is 5.92 Å². The van der Waals surface area contributed by atoms with Gasteiger partial charge in [-0.1, -0.05) is 53.5 Å². The van der Waals surface area contributed by atoms with Crippen LogP contribution < -0.4 is 16.0 Å². The fourth-order valence-electron chi connectivity index (χ4n) is 3.74. The Labute approximate surface area is 168 Å². The van der Waals surface area contributed by atoms with Crippen LogP contribution in [0.5, 0.6) is 0 Å². The zero-order valence-corrected chi connectivity index (χ0v) is 16.3. The highest BCUT2D eigenvalue weighted by atomic mass is 35.5. The number of thiocarbonyl (C=S) groups is 1. The SMILES string of the molecule is S=C1NC2/C(=C/c3ccc(Cl)cc3)CNCC2C(c2ccc(Cl)cc2)N1. The molecule has 0 aromatic heterocycles. The van der Waals surface area contributed by atoms with E-state index in [1.807, 2.05) is 36.4 Å². The number of fused-ring (bicyclic) bond motifs is 1. The lowest BCUT2D eigenvalue weighted by molar-refractivity contribution is 0.275. The van der Waals surface area contributed by atoms with E-state index in [9.17, 15) is 0 Å². The topological polar surface area (TPSA) is 36.1 Å². The molecule has 2 aromatic carbocycles. The summed E-state index contributed by atoms with van der Waals surface area (Å²) in [5, 5.41) is 12.6. The van der Waals surface area contributed by atoms with Crippen LogP contribution in [0.2, 0.25) is 10.0 Å². The monoisotopic (exact) mass is 403 g/mol. The number of piperidine rings is 1. The molecule has 0 bridgehead atoms. The molecule has 2 aliphatic heterocycles. The van der Waals surface area contributed by atoms with Gasteiger partial charge in [0.2, 0.25) is 0 Å². The van der Waals surface area contributed by atoms with Gasteiger partial charge in [-0.15, -0.1) is 0 Å². The molecule has 3 N–H and O–H groups in total. The standard InChI is InChI=1S/C20H19Cl2N3S/c21-15-5-1-12(2-6-15)9-14-10-23-11-17-18(24-20(26)25-19(14)17)13-3-7-16(22)8-4-13/h1-9,17-19,23H,10-11H2,(H2,24,25,26)/b14-9+. The van der Waals surface area contributed by atoms with Crippen molar-refractivity contribution in [2.75, 3.05) is 13.1 Å². The molecule has 3 nitrogen and oxygen atoms in total. The van der Waals surface area contributed by atoms with Crippen LogP contribution in [-0.2, 0) is 0 Å². The van der Waals surface area contributed by atoms with Crippen molar-refractivity contribution in [3.63, 3.8) is 0 Å². The van der Waals surface area contributed by atoms with E-state index in [-0.39, 0.29) is 12.1 Å². The highest BCUT2D eigenvalue weighted by Gasteiger charge is 2.39. The Hall–Kier alpha value is -1.59. The fraction of sp³-hybridized carbons (Fsp3) is 0.250. The lowest BCUT2D eigenvalue weighted by atomic mass is 9.79. The van der Waals surface area contributed by atoms with Crippen molar-refractivity contribution in [2.24, 2.45) is 5.92 Å². The van der Waals surface area contributed by atoms with E-state index in [0.717, 1.165) is 28.7 Å². The zero-order chi connectivity index (χ0) is 18.1. The molecule has 4 rings (SSSR count). The van der Waals surface area contributed by atoms with Crippen LogP contribution in [0.15, 0.2) is 54.1 Å². The Bertz CT molecular complexity index is 833. The molecule has 0 radical (unpaired) electrons. The fourth-order valence-corrected chi connectivity index (χ4v) is 4.25. The first-order chi connectivity index (χ1) is 12.6. The van der Waals surface area contributed by atoms with Gasteiger partial charge in [0.15, 0.2) is 5.11 Å². The van der Waals surface area contributed by atoms with Gasteiger partial charge >= 0.3 is 0 Å². The number of hydrogen-bond donors (Lipinski definition) is 3.